The summed E-state index contributed by atoms with van der Waals surface area (Å²) in [5, 5.41) is 16.7. The van der Waals surface area contributed by atoms with Gasteiger partial charge in [0.2, 0.25) is 0 Å². The van der Waals surface area contributed by atoms with Gasteiger partial charge in [-0.25, -0.2) is 0 Å². The third-order valence-corrected chi connectivity index (χ3v) is 5.32. The first-order valence-corrected chi connectivity index (χ1v) is 9.81. The second kappa shape index (κ2) is 8.53. The van der Waals surface area contributed by atoms with E-state index < -0.39 is 6.04 Å². The zero-order chi connectivity index (χ0) is 21.1. The van der Waals surface area contributed by atoms with Crippen LogP contribution in [0.4, 0.5) is 5.69 Å². The standard InChI is InChI=1S/C22H25N3O3S/c1-5-28-18-12-15(8-11-17(18)26)20-19(14(3)25(4)22(29)24-20)21(27)23-16-9-6-13(2)7-10-16/h6-12,20,26H,5H2,1-4H3,(H,23,27)(H,24,29). The fourth-order valence-electron chi connectivity index (χ4n) is 3.20. The Kier molecular flexibility index (Phi) is 6.08. The van der Waals surface area contributed by atoms with Crippen molar-refractivity contribution in [3.8, 4) is 11.5 Å². The van der Waals surface area contributed by atoms with E-state index in [-0.39, 0.29) is 11.7 Å². The molecule has 0 aliphatic carbocycles. The van der Waals surface area contributed by atoms with Crippen molar-refractivity contribution >= 4 is 28.9 Å². The lowest BCUT2D eigenvalue weighted by atomic mass is 9.94. The highest BCUT2D eigenvalue weighted by molar-refractivity contribution is 7.80. The van der Waals surface area contributed by atoms with Gasteiger partial charge >= 0.3 is 0 Å². The molecule has 0 radical (unpaired) electrons. The Balaban J connectivity index is 2.00. The summed E-state index contributed by atoms with van der Waals surface area (Å²) < 4.78 is 5.51. The van der Waals surface area contributed by atoms with Gasteiger partial charge in [-0.2, -0.15) is 0 Å². The van der Waals surface area contributed by atoms with E-state index in [1.165, 1.54) is 0 Å². The van der Waals surface area contributed by atoms with Gasteiger partial charge < -0.3 is 25.4 Å². The number of nitrogens with zero attached hydrogens (tertiary/aromatic N) is 1. The van der Waals surface area contributed by atoms with Crippen LogP contribution in [0.25, 0.3) is 0 Å². The summed E-state index contributed by atoms with van der Waals surface area (Å²) in [6.45, 7) is 6.13. The summed E-state index contributed by atoms with van der Waals surface area (Å²) in [7, 11) is 1.82. The number of thiocarbonyl (C=S) groups is 1. The minimum absolute atomic E-state index is 0.0532. The number of phenols is 1. The van der Waals surface area contributed by atoms with E-state index in [4.69, 9.17) is 17.0 Å². The van der Waals surface area contributed by atoms with Crippen molar-refractivity contribution in [2.75, 3.05) is 19.0 Å². The van der Waals surface area contributed by atoms with E-state index in [1.54, 1.807) is 23.1 Å². The molecule has 29 heavy (non-hydrogen) atoms. The summed E-state index contributed by atoms with van der Waals surface area (Å²) in [5.41, 5.74) is 3.92. The van der Waals surface area contributed by atoms with Crippen LogP contribution in [0.15, 0.2) is 53.7 Å². The van der Waals surface area contributed by atoms with Crippen molar-refractivity contribution < 1.29 is 14.6 Å². The van der Waals surface area contributed by atoms with Crippen LogP contribution >= 0.6 is 12.2 Å². The first kappa shape index (κ1) is 20.7. The molecule has 3 rings (SSSR count). The van der Waals surface area contributed by atoms with Crippen LogP contribution in [0.5, 0.6) is 11.5 Å². The van der Waals surface area contributed by atoms with Crippen LogP contribution < -0.4 is 15.4 Å². The van der Waals surface area contributed by atoms with Gasteiger partial charge in [0, 0.05) is 18.4 Å². The summed E-state index contributed by atoms with van der Waals surface area (Å²) >= 11 is 5.44. The lowest BCUT2D eigenvalue weighted by molar-refractivity contribution is -0.113. The van der Waals surface area contributed by atoms with Crippen molar-refractivity contribution in [2.24, 2.45) is 0 Å². The van der Waals surface area contributed by atoms with Crippen LogP contribution in [0.1, 0.15) is 31.0 Å². The van der Waals surface area contributed by atoms with E-state index >= 15 is 0 Å². The Labute approximate surface area is 176 Å². The minimum Gasteiger partial charge on any atom is -0.504 e. The number of nitrogens with one attached hydrogen (secondary N) is 2. The normalized spacial score (nSPS) is 16.5. The molecule has 1 aliphatic heterocycles. The average molecular weight is 412 g/mol. The molecule has 1 amide bonds. The highest BCUT2D eigenvalue weighted by atomic mass is 32.1. The predicted molar refractivity (Wildman–Crippen MR) is 118 cm³/mol. The maximum absolute atomic E-state index is 13.2. The number of allylic oxidation sites excluding steroid dienone is 1. The molecular weight excluding hydrogens is 386 g/mol. The van der Waals surface area contributed by atoms with Crippen molar-refractivity contribution in [3.05, 3.63) is 64.9 Å². The Morgan fingerprint density at radius 1 is 1.24 bits per heavy atom. The Morgan fingerprint density at radius 3 is 2.59 bits per heavy atom. The molecule has 0 aromatic heterocycles. The number of carbonyl (C=O) groups excluding carboxylic acids is 1. The number of anilines is 1. The lowest BCUT2D eigenvalue weighted by Crippen LogP contribution is -2.46. The highest BCUT2D eigenvalue weighted by Crippen LogP contribution is 2.35. The first-order valence-electron chi connectivity index (χ1n) is 9.40. The maximum atomic E-state index is 13.2. The van der Waals surface area contributed by atoms with Gasteiger partial charge in [-0.15, -0.1) is 0 Å². The molecule has 7 heteroatoms. The van der Waals surface area contributed by atoms with Crippen LogP contribution in [-0.2, 0) is 4.79 Å². The van der Waals surface area contributed by atoms with Gasteiger partial charge in [-0.1, -0.05) is 23.8 Å². The van der Waals surface area contributed by atoms with Crippen molar-refractivity contribution in [1.82, 2.24) is 10.2 Å². The lowest BCUT2D eigenvalue weighted by Gasteiger charge is -2.36. The molecular formula is C22H25N3O3S. The molecule has 1 heterocycles. The molecule has 2 aromatic carbocycles. The number of hydrogen-bond acceptors (Lipinski definition) is 4. The number of ether oxygens (including phenoxy) is 1. The molecule has 3 N–H and O–H groups in total. The Bertz CT molecular complexity index is 970. The number of phenolic OH excluding ortho intramolecular Hbond substituents is 1. The molecule has 0 saturated carbocycles. The molecule has 1 aliphatic rings. The molecule has 1 atom stereocenters. The summed E-state index contributed by atoms with van der Waals surface area (Å²) in [6.07, 6.45) is 0. The number of aryl methyl sites for hydroxylation is 1. The van der Waals surface area contributed by atoms with Gasteiger partial charge in [-0.3, -0.25) is 4.79 Å². The largest absolute Gasteiger partial charge is 0.504 e. The SMILES string of the molecule is CCOc1cc(C2NC(=S)N(C)C(C)=C2C(=O)Nc2ccc(C)cc2)ccc1O. The molecule has 1 unspecified atom stereocenters. The summed E-state index contributed by atoms with van der Waals surface area (Å²) in [6, 6.07) is 12.2. The van der Waals surface area contributed by atoms with Crippen LogP contribution in [-0.4, -0.2) is 34.7 Å². The molecule has 2 aromatic rings. The number of rotatable bonds is 5. The van der Waals surface area contributed by atoms with Gasteiger partial charge in [0.15, 0.2) is 16.6 Å². The number of carbonyl (C=O) groups is 1. The molecule has 152 valence electrons. The van der Waals surface area contributed by atoms with E-state index in [0.29, 0.717) is 23.0 Å². The quantitative estimate of drug-likeness (QED) is 0.649. The smallest absolute Gasteiger partial charge is 0.255 e. The van der Waals surface area contributed by atoms with Gasteiger partial charge in [0.1, 0.15) is 0 Å². The fourth-order valence-corrected chi connectivity index (χ4v) is 3.45. The molecule has 0 saturated heterocycles. The van der Waals surface area contributed by atoms with Crippen LogP contribution in [0.2, 0.25) is 0 Å². The number of hydrogen-bond donors (Lipinski definition) is 3. The zero-order valence-corrected chi connectivity index (χ0v) is 17.8. The Hall–Kier alpha value is -3.06. The molecule has 0 spiro atoms. The van der Waals surface area contributed by atoms with Gasteiger partial charge in [0.05, 0.1) is 18.2 Å². The fraction of sp³-hybridized carbons (Fsp3) is 0.273. The minimum atomic E-state index is -0.469. The van der Waals surface area contributed by atoms with E-state index in [2.05, 4.69) is 10.6 Å². The second-order valence-electron chi connectivity index (χ2n) is 6.92. The van der Waals surface area contributed by atoms with Crippen LogP contribution in [0, 0.1) is 6.92 Å². The first-order chi connectivity index (χ1) is 13.8. The third kappa shape index (κ3) is 4.35. The monoisotopic (exact) mass is 411 g/mol. The number of aromatic hydroxyl groups is 1. The summed E-state index contributed by atoms with van der Waals surface area (Å²) in [4.78, 5) is 15.0. The number of amides is 1. The van der Waals surface area contributed by atoms with Crippen LogP contribution in [0.3, 0.4) is 0 Å². The Morgan fingerprint density at radius 2 is 1.93 bits per heavy atom. The maximum Gasteiger partial charge on any atom is 0.255 e. The van der Waals surface area contributed by atoms with Crippen molar-refractivity contribution in [1.29, 1.82) is 0 Å². The van der Waals surface area contributed by atoms with E-state index in [1.807, 2.05) is 52.1 Å². The molecule has 6 nitrogen and oxygen atoms in total. The van der Waals surface area contributed by atoms with E-state index in [9.17, 15) is 9.90 Å². The zero-order valence-electron chi connectivity index (χ0n) is 16.9. The topological polar surface area (TPSA) is 73.8 Å². The van der Waals surface area contributed by atoms with Crippen molar-refractivity contribution in [2.45, 2.75) is 26.8 Å². The highest BCUT2D eigenvalue weighted by Gasteiger charge is 2.33. The summed E-state index contributed by atoms with van der Waals surface area (Å²) in [5.74, 6) is 0.203. The predicted octanol–water partition coefficient (Wildman–Crippen LogP) is 3.87. The van der Waals surface area contributed by atoms with E-state index in [0.717, 1.165) is 22.5 Å². The molecule has 0 bridgehead atoms. The average Bonchev–Trinajstić information content (AvgIpc) is 2.69. The second-order valence-corrected chi connectivity index (χ2v) is 7.31. The number of benzene rings is 2. The third-order valence-electron chi connectivity index (χ3n) is 4.93. The van der Waals surface area contributed by atoms with Gasteiger partial charge in [-0.05, 0) is 62.8 Å². The molecule has 0 fully saturated rings. The van der Waals surface area contributed by atoms with Gasteiger partial charge in [0.25, 0.3) is 5.91 Å². The van der Waals surface area contributed by atoms with Crippen molar-refractivity contribution in [3.63, 3.8) is 0 Å².